The molecule has 0 amide bonds. The summed E-state index contributed by atoms with van der Waals surface area (Å²) in [5.41, 5.74) is 2.12. The normalized spacial score (nSPS) is 44.1. The first-order chi connectivity index (χ1) is 19.3. The molecule has 0 unspecified atom stereocenters. The Hall–Kier alpha value is -1.55. The van der Waals surface area contributed by atoms with Crippen molar-refractivity contribution in [3.8, 4) is 0 Å². The predicted octanol–water partition coefficient (Wildman–Crippen LogP) is 9.54. The van der Waals surface area contributed by atoms with E-state index in [1.54, 1.807) is 0 Å². The maximum atomic E-state index is 14.8. The number of fused-ring (bicyclic) bond motifs is 8. The molecule has 8 atom stereocenters. The van der Waals surface area contributed by atoms with Crippen LogP contribution in [0.25, 0.3) is 0 Å². The Morgan fingerprint density at radius 1 is 0.902 bits per heavy atom. The molecule has 1 heterocycles. The lowest BCUT2D eigenvalue weighted by molar-refractivity contribution is -0.226. The number of nitrogens with zero attached hydrogens (tertiary/aromatic N) is 1. The zero-order valence-electron chi connectivity index (χ0n) is 26.5. The third-order valence-corrected chi connectivity index (χ3v) is 15.7. The maximum absolute atomic E-state index is 14.8. The van der Waals surface area contributed by atoms with Gasteiger partial charge in [0.2, 0.25) is 0 Å². The van der Waals surface area contributed by atoms with E-state index in [1.165, 1.54) is 55.4 Å². The number of hydrogen-bond donors (Lipinski definition) is 0. The van der Waals surface area contributed by atoms with Gasteiger partial charge in [0, 0.05) is 34.0 Å². The van der Waals surface area contributed by atoms with E-state index >= 15 is 0 Å². The third-order valence-electron chi connectivity index (χ3n) is 14.4. The summed E-state index contributed by atoms with van der Waals surface area (Å²) in [6.45, 7) is 17.5. The molecule has 0 spiro atoms. The molecule has 2 aromatic rings. The van der Waals surface area contributed by atoms with Crippen molar-refractivity contribution in [2.45, 2.75) is 117 Å². The standard InChI is InChI=1S/C37H51NO2S/c1-32(2)15-17-37(23-41-25-11-9-8-10-12-25)18-16-36(7)30(26(37)21-32)27(39)19-29-34(5)20-24-22-38-40-31(24)33(3,4)28(34)13-14-35(29,36)6/h8-12,22,26,28-30H,13-21,23H2,1-7H3/t26-,28-,29+,30-,34-,35+,36+,37+/m0/s1. The fourth-order valence-corrected chi connectivity index (χ4v) is 13.4. The highest BCUT2D eigenvalue weighted by Crippen LogP contribution is 2.76. The van der Waals surface area contributed by atoms with Crippen molar-refractivity contribution < 1.29 is 9.32 Å². The molecule has 1 aromatic carbocycles. The number of thioether (sulfide) groups is 1. The van der Waals surface area contributed by atoms with E-state index < -0.39 is 0 Å². The van der Waals surface area contributed by atoms with Crippen LogP contribution in [0.4, 0.5) is 0 Å². The SMILES string of the molecule is CC1(C)CC[C@]2(CSc3ccccc3)CC[C@]3(C)[C@H](C(=O)C[C@@H]4[C@@]5(C)Cc6cnoc6C(C)(C)[C@@H]5CC[C@]43C)[C@@H]2C1. The van der Waals surface area contributed by atoms with Crippen LogP contribution in [-0.4, -0.2) is 16.7 Å². The van der Waals surface area contributed by atoms with Crippen LogP contribution in [0.2, 0.25) is 0 Å². The summed E-state index contributed by atoms with van der Waals surface area (Å²) in [6, 6.07) is 11.0. The Labute approximate surface area is 252 Å². The first kappa shape index (κ1) is 28.2. The Bertz CT molecular complexity index is 1350. The minimum Gasteiger partial charge on any atom is -0.361 e. The predicted molar refractivity (Wildman–Crippen MR) is 167 cm³/mol. The molecule has 0 saturated heterocycles. The molecule has 4 heteroatoms. The van der Waals surface area contributed by atoms with E-state index in [9.17, 15) is 4.79 Å². The minimum atomic E-state index is -0.0509. The Kier molecular flexibility index (Phi) is 6.19. The molecule has 222 valence electrons. The van der Waals surface area contributed by atoms with Crippen LogP contribution in [0.1, 0.15) is 111 Å². The highest BCUT2D eigenvalue weighted by Gasteiger charge is 2.72. The second-order valence-electron chi connectivity index (χ2n) is 17.2. The second kappa shape index (κ2) is 8.99. The summed E-state index contributed by atoms with van der Waals surface area (Å²) < 4.78 is 5.88. The molecule has 5 aliphatic carbocycles. The van der Waals surface area contributed by atoms with Crippen molar-refractivity contribution in [3.63, 3.8) is 0 Å². The van der Waals surface area contributed by atoms with Gasteiger partial charge in [0.1, 0.15) is 11.5 Å². The molecule has 0 radical (unpaired) electrons. The van der Waals surface area contributed by atoms with Gasteiger partial charge in [0.05, 0.1) is 6.20 Å². The van der Waals surface area contributed by atoms with Crippen LogP contribution in [0.15, 0.2) is 45.9 Å². The van der Waals surface area contributed by atoms with Gasteiger partial charge in [-0.05, 0) is 108 Å². The number of hydrogen-bond acceptors (Lipinski definition) is 4. The molecule has 7 rings (SSSR count). The number of benzene rings is 1. The number of ketones is 1. The van der Waals surface area contributed by atoms with Gasteiger partial charge < -0.3 is 4.52 Å². The average molecular weight is 574 g/mol. The molecular weight excluding hydrogens is 522 g/mol. The molecule has 4 fully saturated rings. The molecule has 4 saturated carbocycles. The monoisotopic (exact) mass is 573 g/mol. The summed E-state index contributed by atoms with van der Waals surface area (Å²) >= 11 is 2.05. The first-order valence-corrected chi connectivity index (χ1v) is 17.4. The summed E-state index contributed by atoms with van der Waals surface area (Å²) in [6.07, 6.45) is 12.4. The molecule has 41 heavy (non-hydrogen) atoms. The number of rotatable bonds is 3. The highest BCUT2D eigenvalue weighted by molar-refractivity contribution is 7.99. The van der Waals surface area contributed by atoms with E-state index in [1.807, 2.05) is 18.0 Å². The largest absolute Gasteiger partial charge is 0.361 e. The van der Waals surface area contributed by atoms with Gasteiger partial charge in [0.15, 0.2) is 0 Å². The van der Waals surface area contributed by atoms with Crippen molar-refractivity contribution >= 4 is 17.5 Å². The third kappa shape index (κ3) is 3.83. The molecule has 0 N–H and O–H groups in total. The maximum Gasteiger partial charge on any atom is 0.145 e. The van der Waals surface area contributed by atoms with Crippen molar-refractivity contribution in [3.05, 3.63) is 47.9 Å². The topological polar surface area (TPSA) is 43.1 Å². The van der Waals surface area contributed by atoms with Gasteiger partial charge in [-0.25, -0.2) is 0 Å². The van der Waals surface area contributed by atoms with E-state index in [-0.39, 0.29) is 33.0 Å². The number of carbonyl (C=O) groups excluding carboxylic acids is 1. The van der Waals surface area contributed by atoms with Crippen LogP contribution >= 0.6 is 11.8 Å². The number of carbonyl (C=O) groups is 1. The van der Waals surface area contributed by atoms with E-state index in [2.05, 4.69) is 84.0 Å². The molecular formula is C37H51NO2S. The van der Waals surface area contributed by atoms with Crippen molar-refractivity contribution in [1.82, 2.24) is 5.16 Å². The lowest BCUT2D eigenvalue weighted by Gasteiger charge is -2.72. The highest BCUT2D eigenvalue weighted by atomic mass is 32.2. The quantitative estimate of drug-likeness (QED) is 0.343. The number of Topliss-reactive ketones (excluding diaryl/α,β-unsaturated/α-hetero) is 1. The Morgan fingerprint density at radius 3 is 2.39 bits per heavy atom. The van der Waals surface area contributed by atoms with Crippen molar-refractivity contribution in [2.24, 2.45) is 50.7 Å². The van der Waals surface area contributed by atoms with E-state index in [4.69, 9.17) is 4.52 Å². The van der Waals surface area contributed by atoms with Crippen molar-refractivity contribution in [1.29, 1.82) is 0 Å². The van der Waals surface area contributed by atoms with Gasteiger partial charge >= 0.3 is 0 Å². The molecule has 5 aliphatic rings. The van der Waals surface area contributed by atoms with Crippen LogP contribution in [-0.2, 0) is 16.6 Å². The number of aromatic nitrogens is 1. The Balaban J connectivity index is 1.27. The fraction of sp³-hybridized carbons (Fsp3) is 0.730. The van der Waals surface area contributed by atoms with Gasteiger partial charge in [0.25, 0.3) is 0 Å². The second-order valence-corrected chi connectivity index (χ2v) is 18.2. The molecule has 0 aliphatic heterocycles. The first-order valence-electron chi connectivity index (χ1n) is 16.4. The van der Waals surface area contributed by atoms with Gasteiger partial charge in [-0.2, -0.15) is 0 Å². The van der Waals surface area contributed by atoms with Gasteiger partial charge in [-0.1, -0.05) is 71.8 Å². The van der Waals surface area contributed by atoms with Gasteiger partial charge in [-0.15, -0.1) is 11.8 Å². The average Bonchev–Trinajstić information content (AvgIpc) is 3.39. The smallest absolute Gasteiger partial charge is 0.145 e. The zero-order chi connectivity index (χ0) is 29.1. The lowest BCUT2D eigenvalue weighted by Crippen LogP contribution is -2.69. The van der Waals surface area contributed by atoms with Crippen molar-refractivity contribution in [2.75, 3.05) is 5.75 Å². The molecule has 0 bridgehead atoms. The molecule has 1 aromatic heterocycles. The van der Waals surface area contributed by atoms with E-state index in [0.717, 1.165) is 24.4 Å². The summed E-state index contributed by atoms with van der Waals surface area (Å²) in [5.74, 6) is 4.45. The summed E-state index contributed by atoms with van der Waals surface area (Å²) in [7, 11) is 0. The fourth-order valence-electron chi connectivity index (χ4n) is 12.1. The molecule has 3 nitrogen and oxygen atoms in total. The summed E-state index contributed by atoms with van der Waals surface area (Å²) in [5, 5.41) is 4.27. The minimum absolute atomic E-state index is 0.0509. The summed E-state index contributed by atoms with van der Waals surface area (Å²) in [4.78, 5) is 16.2. The van der Waals surface area contributed by atoms with E-state index in [0.29, 0.717) is 29.0 Å². The zero-order valence-corrected chi connectivity index (χ0v) is 27.3. The Morgan fingerprint density at radius 2 is 1.63 bits per heavy atom. The van der Waals surface area contributed by atoms with Crippen LogP contribution in [0.5, 0.6) is 0 Å². The lowest BCUT2D eigenvalue weighted by atomic mass is 9.31. The van der Waals surface area contributed by atoms with Crippen LogP contribution in [0.3, 0.4) is 0 Å². The van der Waals surface area contributed by atoms with Crippen LogP contribution in [0, 0.1) is 50.7 Å². The van der Waals surface area contributed by atoms with Crippen LogP contribution < -0.4 is 0 Å². The van der Waals surface area contributed by atoms with Gasteiger partial charge in [-0.3, -0.25) is 4.79 Å².